The van der Waals surface area contributed by atoms with Crippen molar-refractivity contribution in [2.24, 2.45) is 0 Å². The molecule has 0 spiro atoms. The molecule has 0 aromatic heterocycles. The molecule has 0 unspecified atom stereocenters. The number of hydrogen-bond acceptors (Lipinski definition) is 1. The number of ether oxygens (including phenoxy) is 1. The number of fused-ring (bicyclic) bond motifs is 6. The summed E-state index contributed by atoms with van der Waals surface area (Å²) in [7, 11) is 0. The highest BCUT2D eigenvalue weighted by Crippen LogP contribution is 2.42. The molecule has 5 rings (SSSR count). The van der Waals surface area contributed by atoms with Crippen LogP contribution in [0.5, 0.6) is 5.75 Å². The molecule has 0 atom stereocenters. The molecule has 0 bridgehead atoms. The molecule has 0 saturated carbocycles. The van der Waals surface area contributed by atoms with Crippen molar-refractivity contribution >= 4 is 21.5 Å². The van der Waals surface area contributed by atoms with Crippen LogP contribution in [0.2, 0.25) is 0 Å². The maximum absolute atomic E-state index is 6.14. The largest absolute Gasteiger partial charge is 0.488 e. The molecule has 1 heterocycles. The smallest absolute Gasteiger partial charge is 0.128 e. The van der Waals surface area contributed by atoms with Crippen molar-refractivity contribution in [2.45, 2.75) is 48.1 Å². The monoisotopic (exact) mass is 370 g/mol. The summed E-state index contributed by atoms with van der Waals surface area (Å²) in [4.78, 5) is 0. The minimum absolute atomic E-state index is 0.639. The minimum atomic E-state index is 0.639. The van der Waals surface area contributed by atoms with Gasteiger partial charge in [-0.3, -0.25) is 0 Å². The van der Waals surface area contributed by atoms with Crippen LogP contribution in [0.4, 0.5) is 0 Å². The maximum Gasteiger partial charge on any atom is 0.128 e. The van der Waals surface area contributed by atoms with E-state index in [-0.39, 0.29) is 0 Å². The van der Waals surface area contributed by atoms with Crippen molar-refractivity contribution in [2.75, 3.05) is 0 Å². The Bertz CT molecular complexity index is 1110. The predicted molar refractivity (Wildman–Crippen MR) is 123 cm³/mol. The van der Waals surface area contributed by atoms with Crippen LogP contribution in [-0.2, 0) is 6.61 Å². The fraction of sp³-hybridized carbons (Fsp3) is 0.259. The first-order chi connectivity index (χ1) is 13.7. The lowest BCUT2D eigenvalue weighted by molar-refractivity contribution is 0.304. The van der Waals surface area contributed by atoms with Crippen LogP contribution in [0.25, 0.3) is 32.7 Å². The molecule has 0 radical (unpaired) electrons. The predicted octanol–water partition coefficient (Wildman–Crippen LogP) is 8.22. The lowest BCUT2D eigenvalue weighted by Gasteiger charge is -2.23. The van der Waals surface area contributed by atoms with E-state index in [4.69, 9.17) is 4.74 Å². The van der Waals surface area contributed by atoms with Crippen molar-refractivity contribution in [3.05, 3.63) is 77.4 Å². The Morgan fingerprint density at radius 1 is 0.607 bits per heavy atom. The van der Waals surface area contributed by atoms with Gasteiger partial charge in [0.25, 0.3) is 0 Å². The highest BCUT2D eigenvalue weighted by atomic mass is 16.5. The van der Waals surface area contributed by atoms with E-state index in [0.29, 0.717) is 6.61 Å². The van der Waals surface area contributed by atoms with Crippen molar-refractivity contribution < 1.29 is 4.74 Å². The number of benzene rings is 4. The second-order valence-corrected chi connectivity index (χ2v) is 6.80. The van der Waals surface area contributed by atoms with E-state index in [9.17, 15) is 0 Å². The molecular weight excluding hydrogens is 340 g/mol. The molecule has 0 N–H and O–H groups in total. The van der Waals surface area contributed by atoms with E-state index in [2.05, 4.69) is 74.5 Å². The number of rotatable bonds is 0. The molecule has 1 aliphatic heterocycles. The molecule has 4 aromatic carbocycles. The van der Waals surface area contributed by atoms with Gasteiger partial charge < -0.3 is 4.74 Å². The van der Waals surface area contributed by atoms with E-state index >= 15 is 0 Å². The Kier molecular flexibility index (Phi) is 6.04. The molecule has 0 amide bonds. The number of aryl methyl sites for hydroxylation is 2. The summed E-state index contributed by atoms with van der Waals surface area (Å²) in [5, 5.41) is 5.10. The second kappa shape index (κ2) is 8.48. The van der Waals surface area contributed by atoms with Gasteiger partial charge in [-0.15, -0.1) is 0 Å². The summed E-state index contributed by atoms with van der Waals surface area (Å²) in [6.45, 7) is 12.9. The van der Waals surface area contributed by atoms with Crippen molar-refractivity contribution in [3.63, 3.8) is 0 Å². The van der Waals surface area contributed by atoms with Gasteiger partial charge in [0, 0.05) is 11.1 Å². The van der Waals surface area contributed by atoms with Crippen LogP contribution >= 0.6 is 0 Å². The van der Waals surface area contributed by atoms with Crippen LogP contribution in [-0.4, -0.2) is 0 Å². The summed E-state index contributed by atoms with van der Waals surface area (Å²) in [5.74, 6) is 0.993. The molecule has 4 aromatic rings. The molecule has 1 heteroatoms. The van der Waals surface area contributed by atoms with Gasteiger partial charge in [-0.25, -0.2) is 0 Å². The van der Waals surface area contributed by atoms with Gasteiger partial charge in [0.1, 0.15) is 12.4 Å². The van der Waals surface area contributed by atoms with Gasteiger partial charge in [-0.2, -0.15) is 0 Å². The molecule has 0 aliphatic carbocycles. The van der Waals surface area contributed by atoms with E-state index in [1.54, 1.807) is 0 Å². The summed E-state index contributed by atoms with van der Waals surface area (Å²) in [6.07, 6.45) is 0. The van der Waals surface area contributed by atoms with Gasteiger partial charge >= 0.3 is 0 Å². The topological polar surface area (TPSA) is 9.23 Å². The van der Waals surface area contributed by atoms with E-state index < -0.39 is 0 Å². The van der Waals surface area contributed by atoms with Crippen LogP contribution in [0.3, 0.4) is 0 Å². The van der Waals surface area contributed by atoms with Crippen molar-refractivity contribution in [3.8, 4) is 16.9 Å². The first-order valence-electron chi connectivity index (χ1n) is 10.4. The Labute approximate surface area is 169 Å². The summed E-state index contributed by atoms with van der Waals surface area (Å²) in [5.41, 5.74) is 6.37. The fourth-order valence-electron chi connectivity index (χ4n) is 3.80. The van der Waals surface area contributed by atoms with E-state index in [1.165, 1.54) is 49.4 Å². The third-order valence-corrected chi connectivity index (χ3v) is 5.04. The second-order valence-electron chi connectivity index (χ2n) is 6.80. The highest BCUT2D eigenvalue weighted by Gasteiger charge is 2.20. The molecule has 0 saturated heterocycles. The van der Waals surface area contributed by atoms with Gasteiger partial charge in [-0.1, -0.05) is 87.4 Å². The Morgan fingerprint density at radius 3 is 2.00 bits per heavy atom. The molecule has 1 nitrogen and oxygen atoms in total. The normalized spacial score (nSPS) is 11.4. The van der Waals surface area contributed by atoms with Gasteiger partial charge in [0.05, 0.1) is 0 Å². The van der Waals surface area contributed by atoms with Crippen LogP contribution in [0.15, 0.2) is 60.7 Å². The van der Waals surface area contributed by atoms with Crippen molar-refractivity contribution in [1.82, 2.24) is 0 Å². The fourth-order valence-corrected chi connectivity index (χ4v) is 3.80. The van der Waals surface area contributed by atoms with Crippen LogP contribution < -0.4 is 4.74 Å². The first-order valence-corrected chi connectivity index (χ1v) is 10.4. The highest BCUT2D eigenvalue weighted by molar-refractivity contribution is 5.97. The Morgan fingerprint density at radius 2 is 1.25 bits per heavy atom. The van der Waals surface area contributed by atoms with E-state index in [0.717, 1.165) is 5.75 Å². The molecule has 144 valence electrons. The molecule has 28 heavy (non-hydrogen) atoms. The maximum atomic E-state index is 6.14. The SMILES string of the molecule is CC.CC.Cc1ccc2cc3c(cc2c1)OCc1c-3ccc2cc(C)ccc12. The third-order valence-electron chi connectivity index (χ3n) is 5.04. The van der Waals surface area contributed by atoms with Gasteiger partial charge in [-0.05, 0) is 53.1 Å². The zero-order valence-corrected chi connectivity index (χ0v) is 17.9. The minimum Gasteiger partial charge on any atom is -0.488 e. The zero-order chi connectivity index (χ0) is 20.3. The first kappa shape index (κ1) is 19.9. The average molecular weight is 371 g/mol. The number of hydrogen-bond donors (Lipinski definition) is 0. The quantitative estimate of drug-likeness (QED) is 0.303. The van der Waals surface area contributed by atoms with E-state index in [1.807, 2.05) is 27.7 Å². The molecular formula is C27H30O. The molecule has 0 fully saturated rings. The van der Waals surface area contributed by atoms with Gasteiger partial charge in [0.2, 0.25) is 0 Å². The summed E-state index contributed by atoms with van der Waals surface area (Å²) >= 11 is 0. The molecule has 1 aliphatic rings. The summed E-state index contributed by atoms with van der Waals surface area (Å²) < 4.78 is 6.14. The lowest BCUT2D eigenvalue weighted by atomic mass is 9.90. The average Bonchev–Trinajstić information content (AvgIpc) is 2.74. The lowest BCUT2D eigenvalue weighted by Crippen LogP contribution is -2.06. The van der Waals surface area contributed by atoms with Crippen LogP contribution in [0, 0.1) is 13.8 Å². The Hall–Kier alpha value is -2.80. The third kappa shape index (κ3) is 3.49. The zero-order valence-electron chi connectivity index (χ0n) is 17.9. The van der Waals surface area contributed by atoms with Crippen molar-refractivity contribution in [1.29, 1.82) is 0 Å². The van der Waals surface area contributed by atoms with Crippen LogP contribution in [0.1, 0.15) is 44.4 Å². The Balaban J connectivity index is 0.000000531. The standard InChI is InChI=1S/C23H18O.2C2H6/c1-14-3-5-16-11-21-20-8-6-17-9-15(2)4-7-19(17)22(20)13-24-23(21)12-18(16)10-14;2*1-2/h3-12H,13H2,1-2H3;2*1-2H3. The van der Waals surface area contributed by atoms with Gasteiger partial charge in [0.15, 0.2) is 0 Å². The summed E-state index contributed by atoms with van der Waals surface area (Å²) in [6, 6.07) is 22.2.